The Morgan fingerprint density at radius 3 is 2.32 bits per heavy atom. The second kappa shape index (κ2) is 11.1. The fraction of sp³-hybridized carbons (Fsp3) is 0.364. The Bertz CT molecular complexity index is 750. The summed E-state index contributed by atoms with van der Waals surface area (Å²) in [7, 11) is 0. The predicted molar refractivity (Wildman–Crippen MR) is 108 cm³/mol. The fourth-order valence-corrected chi connectivity index (χ4v) is 2.83. The van der Waals surface area contributed by atoms with Crippen LogP contribution in [0.25, 0.3) is 0 Å². The molecule has 0 unspecified atom stereocenters. The second-order valence-electron chi connectivity index (χ2n) is 6.85. The predicted octanol–water partition coefficient (Wildman–Crippen LogP) is 3.71. The van der Waals surface area contributed by atoms with Gasteiger partial charge in [0, 0.05) is 13.1 Å². The van der Waals surface area contributed by atoms with Gasteiger partial charge in [-0.1, -0.05) is 62.7 Å². The average molecular weight is 385 g/mol. The molecule has 2 rings (SSSR count). The Labute approximate surface area is 165 Å². The van der Waals surface area contributed by atoms with Gasteiger partial charge in [0.2, 0.25) is 5.91 Å². The van der Waals surface area contributed by atoms with E-state index in [4.69, 9.17) is 0 Å². The summed E-state index contributed by atoms with van der Waals surface area (Å²) in [6.45, 7) is 4.78. The van der Waals surface area contributed by atoms with E-state index < -0.39 is 12.1 Å². The smallest absolute Gasteiger partial charge is 0.315 e. The first-order chi connectivity index (χ1) is 13.5. The molecule has 2 aromatic rings. The maximum Gasteiger partial charge on any atom is 0.315 e. The number of hydrogen-bond acceptors (Lipinski definition) is 2. The number of hydrogen-bond donors (Lipinski definition) is 3. The van der Waals surface area contributed by atoms with Gasteiger partial charge in [-0.3, -0.25) is 4.79 Å². The van der Waals surface area contributed by atoms with Crippen molar-refractivity contribution < 1.29 is 14.0 Å². The van der Waals surface area contributed by atoms with Crippen LogP contribution in [-0.4, -0.2) is 24.5 Å². The van der Waals surface area contributed by atoms with E-state index in [1.54, 1.807) is 12.1 Å². The summed E-state index contributed by atoms with van der Waals surface area (Å²) in [5.74, 6) is -0.334. The van der Waals surface area contributed by atoms with E-state index in [2.05, 4.69) is 16.0 Å². The molecular weight excluding hydrogens is 357 g/mol. The van der Waals surface area contributed by atoms with Gasteiger partial charge >= 0.3 is 6.03 Å². The zero-order chi connectivity index (χ0) is 20.4. The molecule has 0 saturated carbocycles. The number of halogens is 1. The number of nitrogens with one attached hydrogen (secondary N) is 3. The third-order valence-electron chi connectivity index (χ3n) is 4.52. The van der Waals surface area contributed by atoms with E-state index in [0.717, 1.165) is 17.5 Å². The van der Waals surface area contributed by atoms with Gasteiger partial charge < -0.3 is 16.0 Å². The number of rotatable bonds is 9. The molecule has 3 amide bonds. The monoisotopic (exact) mass is 385 g/mol. The molecule has 5 nitrogen and oxygen atoms in total. The molecule has 150 valence electrons. The Hall–Kier alpha value is -2.89. The maximum absolute atomic E-state index is 12.9. The zero-order valence-corrected chi connectivity index (χ0v) is 16.4. The Morgan fingerprint density at radius 1 is 1.00 bits per heavy atom. The van der Waals surface area contributed by atoms with Gasteiger partial charge in [-0.2, -0.15) is 0 Å². The van der Waals surface area contributed by atoms with Gasteiger partial charge in [0.25, 0.3) is 0 Å². The van der Waals surface area contributed by atoms with Crippen molar-refractivity contribution in [2.45, 2.75) is 45.2 Å². The van der Waals surface area contributed by atoms with Crippen molar-refractivity contribution in [3.05, 3.63) is 71.5 Å². The quantitative estimate of drug-likeness (QED) is 0.616. The van der Waals surface area contributed by atoms with Crippen LogP contribution in [0.15, 0.2) is 54.6 Å². The summed E-state index contributed by atoms with van der Waals surface area (Å²) < 4.78 is 12.9. The molecule has 2 atom stereocenters. The van der Waals surface area contributed by atoms with Crippen LogP contribution in [0.5, 0.6) is 0 Å². The van der Waals surface area contributed by atoms with Gasteiger partial charge in [-0.25, -0.2) is 9.18 Å². The first kappa shape index (κ1) is 21.4. The Balaban J connectivity index is 1.82. The highest BCUT2D eigenvalue weighted by atomic mass is 19.1. The molecule has 0 spiro atoms. The van der Waals surface area contributed by atoms with E-state index in [0.29, 0.717) is 13.0 Å². The molecule has 0 aromatic heterocycles. The molecule has 0 bridgehead atoms. The van der Waals surface area contributed by atoms with E-state index in [1.807, 2.05) is 44.2 Å². The lowest BCUT2D eigenvalue weighted by Gasteiger charge is -2.20. The largest absolute Gasteiger partial charge is 0.354 e. The molecule has 0 radical (unpaired) electrons. The van der Waals surface area contributed by atoms with Crippen LogP contribution in [-0.2, 0) is 11.3 Å². The number of benzene rings is 2. The molecule has 0 heterocycles. The number of urea groups is 1. The number of amides is 3. The minimum Gasteiger partial charge on any atom is -0.354 e. The highest BCUT2D eigenvalue weighted by Gasteiger charge is 2.20. The molecule has 3 N–H and O–H groups in total. The van der Waals surface area contributed by atoms with Crippen LogP contribution in [0.3, 0.4) is 0 Å². The van der Waals surface area contributed by atoms with Crippen molar-refractivity contribution in [2.75, 3.05) is 6.54 Å². The minimum atomic E-state index is -0.596. The Morgan fingerprint density at radius 2 is 1.68 bits per heavy atom. The van der Waals surface area contributed by atoms with E-state index in [1.165, 1.54) is 12.1 Å². The van der Waals surface area contributed by atoms with E-state index in [-0.39, 0.29) is 24.2 Å². The summed E-state index contributed by atoms with van der Waals surface area (Å²) in [6, 6.07) is 14.8. The van der Waals surface area contributed by atoms with E-state index >= 15 is 0 Å². The molecule has 6 heteroatoms. The van der Waals surface area contributed by atoms with Crippen LogP contribution in [0.1, 0.15) is 43.7 Å². The van der Waals surface area contributed by atoms with Crippen molar-refractivity contribution in [1.82, 2.24) is 16.0 Å². The molecule has 2 aromatic carbocycles. The van der Waals surface area contributed by atoms with Crippen LogP contribution in [0.2, 0.25) is 0 Å². The first-order valence-corrected chi connectivity index (χ1v) is 9.61. The van der Waals surface area contributed by atoms with Crippen molar-refractivity contribution in [2.24, 2.45) is 0 Å². The zero-order valence-electron chi connectivity index (χ0n) is 16.4. The standard InChI is InChI=1S/C22H28FN3O2/c1-3-7-20(21(27)24-14-16(2)18-8-5-4-6-9-18)26-22(28)25-15-17-10-12-19(23)13-11-17/h4-6,8-13,16,20H,3,7,14-15H2,1-2H3,(H,24,27)(H2,25,26,28)/t16-,20-/m0/s1. The molecule has 0 aliphatic rings. The van der Waals surface area contributed by atoms with Gasteiger partial charge in [-0.15, -0.1) is 0 Å². The minimum absolute atomic E-state index is 0.180. The van der Waals surface area contributed by atoms with Crippen molar-refractivity contribution in [1.29, 1.82) is 0 Å². The SMILES string of the molecule is CCC[C@H](NC(=O)NCc1ccc(F)cc1)C(=O)NC[C@H](C)c1ccccc1. The van der Waals surface area contributed by atoms with Gasteiger partial charge in [0.15, 0.2) is 0 Å². The Kier molecular flexibility index (Phi) is 8.46. The molecule has 0 aliphatic heterocycles. The summed E-state index contributed by atoms with van der Waals surface area (Å²) in [4.78, 5) is 24.7. The third-order valence-corrected chi connectivity index (χ3v) is 4.52. The van der Waals surface area contributed by atoms with E-state index in [9.17, 15) is 14.0 Å². The van der Waals surface area contributed by atoms with Crippen molar-refractivity contribution >= 4 is 11.9 Å². The third kappa shape index (κ3) is 7.02. The normalized spacial score (nSPS) is 12.7. The summed E-state index contributed by atoms with van der Waals surface area (Å²) >= 11 is 0. The number of carbonyl (C=O) groups is 2. The van der Waals surface area contributed by atoms with Crippen molar-refractivity contribution in [3.63, 3.8) is 0 Å². The molecule has 0 saturated heterocycles. The second-order valence-corrected chi connectivity index (χ2v) is 6.85. The van der Waals surface area contributed by atoms with Crippen LogP contribution >= 0.6 is 0 Å². The van der Waals surface area contributed by atoms with Gasteiger partial charge in [0.05, 0.1) is 0 Å². The average Bonchev–Trinajstić information content (AvgIpc) is 2.71. The van der Waals surface area contributed by atoms with Crippen LogP contribution in [0, 0.1) is 5.82 Å². The highest BCUT2D eigenvalue weighted by Crippen LogP contribution is 2.13. The lowest BCUT2D eigenvalue weighted by molar-refractivity contribution is -0.123. The summed E-state index contributed by atoms with van der Waals surface area (Å²) in [5.41, 5.74) is 1.93. The topological polar surface area (TPSA) is 70.2 Å². The van der Waals surface area contributed by atoms with Crippen LogP contribution < -0.4 is 16.0 Å². The first-order valence-electron chi connectivity index (χ1n) is 9.61. The van der Waals surface area contributed by atoms with Gasteiger partial charge in [0.1, 0.15) is 11.9 Å². The van der Waals surface area contributed by atoms with Crippen molar-refractivity contribution in [3.8, 4) is 0 Å². The number of carbonyl (C=O) groups excluding carboxylic acids is 2. The fourth-order valence-electron chi connectivity index (χ4n) is 2.83. The summed E-state index contributed by atoms with van der Waals surface area (Å²) in [6.07, 6.45) is 1.32. The lowest BCUT2D eigenvalue weighted by atomic mass is 10.0. The van der Waals surface area contributed by atoms with Crippen LogP contribution in [0.4, 0.5) is 9.18 Å². The molecular formula is C22H28FN3O2. The summed E-state index contributed by atoms with van der Waals surface area (Å²) in [5, 5.41) is 8.36. The highest BCUT2D eigenvalue weighted by molar-refractivity contribution is 5.87. The molecule has 0 fully saturated rings. The molecule has 28 heavy (non-hydrogen) atoms. The lowest BCUT2D eigenvalue weighted by Crippen LogP contribution is -2.50. The maximum atomic E-state index is 12.9. The molecule has 0 aliphatic carbocycles. The van der Waals surface area contributed by atoms with Gasteiger partial charge in [-0.05, 0) is 35.6 Å².